The molecule has 3 rings (SSSR count). The van der Waals surface area contributed by atoms with E-state index in [2.05, 4.69) is 16.3 Å². The Hall–Kier alpha value is -0.610. The lowest BCUT2D eigenvalue weighted by molar-refractivity contribution is -0.0301. The molecule has 0 radical (unpaired) electrons. The van der Waals surface area contributed by atoms with E-state index in [9.17, 15) is 0 Å². The van der Waals surface area contributed by atoms with Crippen molar-refractivity contribution in [3.05, 3.63) is 34.9 Å². The van der Waals surface area contributed by atoms with Crippen molar-refractivity contribution < 1.29 is 4.74 Å². The summed E-state index contributed by atoms with van der Waals surface area (Å²) >= 11 is 6.14. The quantitative estimate of drug-likeness (QED) is 0.896. The van der Waals surface area contributed by atoms with Gasteiger partial charge in [-0.1, -0.05) is 29.8 Å². The smallest absolute Gasteiger partial charge is 0.0826 e. The summed E-state index contributed by atoms with van der Waals surface area (Å²) in [7, 11) is 0. The minimum atomic E-state index is 0.317. The number of nitrogens with zero attached hydrogens (tertiary/aromatic N) is 1. The lowest BCUT2D eigenvalue weighted by Crippen LogP contribution is -2.47. The molecule has 2 aliphatic rings. The van der Waals surface area contributed by atoms with Crippen molar-refractivity contribution in [1.82, 2.24) is 10.2 Å². The van der Waals surface area contributed by atoms with Gasteiger partial charge in [-0.25, -0.2) is 0 Å². The highest BCUT2D eigenvalue weighted by Gasteiger charge is 2.32. The maximum absolute atomic E-state index is 6.14. The largest absolute Gasteiger partial charge is 0.374 e. The molecule has 0 bridgehead atoms. The van der Waals surface area contributed by atoms with Crippen LogP contribution < -0.4 is 5.32 Å². The van der Waals surface area contributed by atoms with Gasteiger partial charge in [0, 0.05) is 37.2 Å². The van der Waals surface area contributed by atoms with Gasteiger partial charge < -0.3 is 10.1 Å². The lowest BCUT2D eigenvalue weighted by atomic mass is 10.2. The predicted molar refractivity (Wildman–Crippen MR) is 77.5 cm³/mol. The van der Waals surface area contributed by atoms with Gasteiger partial charge in [0.05, 0.1) is 12.7 Å². The minimum Gasteiger partial charge on any atom is -0.374 e. The maximum Gasteiger partial charge on any atom is 0.0826 e. The molecule has 1 aromatic rings. The first-order valence-electron chi connectivity index (χ1n) is 7.13. The molecule has 1 N–H and O–H groups in total. The number of morpholine rings is 1. The SMILES string of the molecule is Clc1ccccc1CNCC1CN(C2CC2)CCO1. The van der Waals surface area contributed by atoms with Crippen molar-refractivity contribution in [2.45, 2.75) is 31.5 Å². The summed E-state index contributed by atoms with van der Waals surface area (Å²) in [6, 6.07) is 8.83. The number of hydrogen-bond acceptors (Lipinski definition) is 3. The van der Waals surface area contributed by atoms with E-state index in [1.165, 1.54) is 12.8 Å². The molecular formula is C15H21ClN2O. The van der Waals surface area contributed by atoms with E-state index in [0.717, 1.165) is 49.4 Å². The van der Waals surface area contributed by atoms with Crippen LogP contribution in [0, 0.1) is 0 Å². The molecule has 1 saturated carbocycles. The molecule has 1 heterocycles. The van der Waals surface area contributed by atoms with Gasteiger partial charge in [0.2, 0.25) is 0 Å². The topological polar surface area (TPSA) is 24.5 Å². The van der Waals surface area contributed by atoms with Crippen LogP contribution in [-0.2, 0) is 11.3 Å². The summed E-state index contributed by atoms with van der Waals surface area (Å²) < 4.78 is 5.82. The first-order valence-corrected chi connectivity index (χ1v) is 7.50. The van der Waals surface area contributed by atoms with Gasteiger partial charge in [0.15, 0.2) is 0 Å². The summed E-state index contributed by atoms with van der Waals surface area (Å²) in [5, 5.41) is 4.29. The predicted octanol–water partition coefficient (Wildman–Crippen LogP) is 2.29. The fraction of sp³-hybridized carbons (Fsp3) is 0.600. The number of rotatable bonds is 5. The Bertz CT molecular complexity index is 422. The molecule has 104 valence electrons. The van der Waals surface area contributed by atoms with Gasteiger partial charge in [0.1, 0.15) is 0 Å². The van der Waals surface area contributed by atoms with Crippen molar-refractivity contribution >= 4 is 11.6 Å². The van der Waals surface area contributed by atoms with Gasteiger partial charge >= 0.3 is 0 Å². The second kappa shape index (κ2) is 6.23. The van der Waals surface area contributed by atoms with Crippen LogP contribution in [0.2, 0.25) is 5.02 Å². The van der Waals surface area contributed by atoms with Crippen LogP contribution in [0.4, 0.5) is 0 Å². The molecule has 3 nitrogen and oxygen atoms in total. The van der Waals surface area contributed by atoms with E-state index in [0.29, 0.717) is 6.10 Å². The van der Waals surface area contributed by atoms with Crippen LogP contribution >= 0.6 is 11.6 Å². The number of halogens is 1. The highest BCUT2D eigenvalue weighted by molar-refractivity contribution is 6.31. The van der Waals surface area contributed by atoms with E-state index < -0.39 is 0 Å². The van der Waals surface area contributed by atoms with Crippen molar-refractivity contribution in [2.75, 3.05) is 26.2 Å². The van der Waals surface area contributed by atoms with Crippen LogP contribution in [0.5, 0.6) is 0 Å². The molecule has 0 amide bonds. The Morgan fingerprint density at radius 2 is 2.16 bits per heavy atom. The zero-order valence-electron chi connectivity index (χ0n) is 11.1. The van der Waals surface area contributed by atoms with Gasteiger partial charge in [0.25, 0.3) is 0 Å². The number of ether oxygens (including phenoxy) is 1. The highest BCUT2D eigenvalue weighted by atomic mass is 35.5. The van der Waals surface area contributed by atoms with Crippen LogP contribution in [0.15, 0.2) is 24.3 Å². The third kappa shape index (κ3) is 3.69. The highest BCUT2D eigenvalue weighted by Crippen LogP contribution is 2.28. The first-order chi connectivity index (χ1) is 9.33. The summed E-state index contributed by atoms with van der Waals surface area (Å²) in [4.78, 5) is 2.57. The zero-order valence-corrected chi connectivity index (χ0v) is 11.9. The Morgan fingerprint density at radius 1 is 1.32 bits per heavy atom. The third-order valence-corrected chi connectivity index (χ3v) is 4.25. The van der Waals surface area contributed by atoms with Gasteiger partial charge in [-0.2, -0.15) is 0 Å². The molecule has 1 saturated heterocycles. The van der Waals surface area contributed by atoms with E-state index in [1.54, 1.807) is 0 Å². The molecule has 2 fully saturated rings. The molecule has 1 aromatic carbocycles. The second-order valence-electron chi connectivity index (χ2n) is 5.44. The van der Waals surface area contributed by atoms with Crippen molar-refractivity contribution in [2.24, 2.45) is 0 Å². The summed E-state index contributed by atoms with van der Waals surface area (Å²) in [6.07, 6.45) is 3.07. The molecule has 1 unspecified atom stereocenters. The Kier molecular flexibility index (Phi) is 4.38. The number of benzene rings is 1. The van der Waals surface area contributed by atoms with E-state index >= 15 is 0 Å². The summed E-state index contributed by atoms with van der Waals surface area (Å²) in [6.45, 7) is 4.75. The molecular weight excluding hydrogens is 260 g/mol. The molecule has 19 heavy (non-hydrogen) atoms. The minimum absolute atomic E-state index is 0.317. The van der Waals surface area contributed by atoms with E-state index in [4.69, 9.17) is 16.3 Å². The Morgan fingerprint density at radius 3 is 2.95 bits per heavy atom. The van der Waals surface area contributed by atoms with Crippen molar-refractivity contribution in [3.63, 3.8) is 0 Å². The summed E-state index contributed by atoms with van der Waals surface area (Å²) in [5.74, 6) is 0. The normalized spacial score (nSPS) is 24.6. The maximum atomic E-state index is 6.14. The van der Waals surface area contributed by atoms with Gasteiger partial charge in [-0.15, -0.1) is 0 Å². The number of nitrogens with one attached hydrogen (secondary N) is 1. The average molecular weight is 281 g/mol. The number of hydrogen-bond donors (Lipinski definition) is 1. The van der Waals surface area contributed by atoms with Crippen molar-refractivity contribution in [1.29, 1.82) is 0 Å². The molecule has 1 aliphatic carbocycles. The van der Waals surface area contributed by atoms with E-state index in [1.807, 2.05) is 18.2 Å². The van der Waals surface area contributed by atoms with Crippen LogP contribution in [0.1, 0.15) is 18.4 Å². The molecule has 0 spiro atoms. The van der Waals surface area contributed by atoms with Gasteiger partial charge in [-0.05, 0) is 24.5 Å². The first kappa shape index (κ1) is 13.4. The standard InChI is InChI=1S/C15H21ClN2O/c16-15-4-2-1-3-12(15)9-17-10-14-11-18(7-8-19-14)13-5-6-13/h1-4,13-14,17H,5-11H2. The second-order valence-corrected chi connectivity index (χ2v) is 5.85. The molecule has 0 aromatic heterocycles. The molecule has 1 aliphatic heterocycles. The zero-order chi connectivity index (χ0) is 13.1. The van der Waals surface area contributed by atoms with Gasteiger partial charge in [-0.3, -0.25) is 4.90 Å². The summed E-state index contributed by atoms with van der Waals surface area (Å²) in [5.41, 5.74) is 1.15. The van der Waals surface area contributed by atoms with Crippen LogP contribution in [-0.4, -0.2) is 43.3 Å². The molecule has 4 heteroatoms. The lowest BCUT2D eigenvalue weighted by Gasteiger charge is -2.33. The van der Waals surface area contributed by atoms with Crippen molar-refractivity contribution in [3.8, 4) is 0 Å². The fourth-order valence-corrected chi connectivity index (χ4v) is 2.85. The van der Waals surface area contributed by atoms with Crippen LogP contribution in [0.3, 0.4) is 0 Å². The third-order valence-electron chi connectivity index (χ3n) is 3.88. The average Bonchev–Trinajstić information content (AvgIpc) is 3.26. The Labute approximate surface area is 119 Å². The van der Waals surface area contributed by atoms with Crippen LogP contribution in [0.25, 0.3) is 0 Å². The Balaban J connectivity index is 1.43. The fourth-order valence-electron chi connectivity index (χ4n) is 2.65. The monoisotopic (exact) mass is 280 g/mol. The van der Waals surface area contributed by atoms with E-state index in [-0.39, 0.29) is 0 Å². The molecule has 1 atom stereocenters.